The van der Waals surface area contributed by atoms with Gasteiger partial charge in [-0.1, -0.05) is 22.0 Å². The van der Waals surface area contributed by atoms with E-state index in [1.807, 2.05) is 30.5 Å². The Hall–Kier alpha value is -1.66. The molecular weight excluding hydrogens is 338 g/mol. The molecule has 3 aromatic rings. The van der Waals surface area contributed by atoms with Gasteiger partial charge in [0.2, 0.25) is 0 Å². The van der Waals surface area contributed by atoms with Gasteiger partial charge in [-0.15, -0.1) is 11.3 Å². The number of halogens is 1. The first-order valence-electron chi connectivity index (χ1n) is 6.03. The summed E-state index contributed by atoms with van der Waals surface area (Å²) < 4.78 is 3.22. The number of hydrogen-bond acceptors (Lipinski definition) is 4. The molecule has 0 bridgehead atoms. The second-order valence-corrected chi connectivity index (χ2v) is 6.36. The maximum atomic E-state index is 12.4. The van der Waals surface area contributed by atoms with E-state index >= 15 is 0 Å². The van der Waals surface area contributed by atoms with Crippen molar-refractivity contribution in [2.24, 2.45) is 0 Å². The summed E-state index contributed by atoms with van der Waals surface area (Å²) in [6.07, 6.45) is 1.60. The Bertz CT molecular complexity index is 853. The topological polar surface area (TPSA) is 60.9 Å². The monoisotopic (exact) mass is 349 g/mol. The molecule has 0 amide bonds. The molecule has 0 fully saturated rings. The van der Waals surface area contributed by atoms with Crippen LogP contribution in [0.2, 0.25) is 0 Å². The molecule has 0 aliphatic carbocycles. The molecule has 0 atom stereocenters. The van der Waals surface area contributed by atoms with Gasteiger partial charge in [0.1, 0.15) is 4.70 Å². The van der Waals surface area contributed by atoms with Gasteiger partial charge in [0.05, 0.1) is 18.4 Å². The van der Waals surface area contributed by atoms with Crippen LogP contribution in [0.1, 0.15) is 11.1 Å². The fourth-order valence-electron chi connectivity index (χ4n) is 2.05. The lowest BCUT2D eigenvalue weighted by molar-refractivity contribution is 0.747. The van der Waals surface area contributed by atoms with Gasteiger partial charge in [-0.3, -0.25) is 9.36 Å². The van der Waals surface area contributed by atoms with Crippen molar-refractivity contribution in [2.45, 2.75) is 13.5 Å². The summed E-state index contributed by atoms with van der Waals surface area (Å²) in [7, 11) is 0. The van der Waals surface area contributed by atoms with E-state index in [9.17, 15) is 4.79 Å². The predicted octanol–water partition coefficient (Wildman–Crippen LogP) is 3.16. The van der Waals surface area contributed by atoms with Crippen LogP contribution >= 0.6 is 27.3 Å². The second kappa shape index (κ2) is 5.03. The number of nitrogen functional groups attached to an aromatic ring is 1. The number of hydrogen-bond donors (Lipinski definition) is 1. The summed E-state index contributed by atoms with van der Waals surface area (Å²) in [5.41, 5.74) is 9.25. The third-order valence-corrected chi connectivity index (χ3v) is 4.95. The third-order valence-electron chi connectivity index (χ3n) is 3.14. The number of aromatic nitrogens is 2. The molecule has 102 valence electrons. The normalized spacial score (nSPS) is 11.1. The Morgan fingerprint density at radius 2 is 2.25 bits per heavy atom. The minimum absolute atomic E-state index is 0.00294. The van der Waals surface area contributed by atoms with E-state index in [0.29, 0.717) is 16.9 Å². The van der Waals surface area contributed by atoms with Gasteiger partial charge in [0, 0.05) is 10.2 Å². The molecule has 0 saturated carbocycles. The Morgan fingerprint density at radius 3 is 3.00 bits per heavy atom. The Kier molecular flexibility index (Phi) is 3.35. The largest absolute Gasteiger partial charge is 0.399 e. The van der Waals surface area contributed by atoms with Crippen LogP contribution in [-0.2, 0) is 6.54 Å². The molecule has 0 spiro atoms. The van der Waals surface area contributed by atoms with E-state index in [1.165, 1.54) is 11.3 Å². The van der Waals surface area contributed by atoms with E-state index in [4.69, 9.17) is 5.73 Å². The average molecular weight is 350 g/mol. The number of aryl methyl sites for hydroxylation is 1. The number of nitrogens with zero attached hydrogens (tertiary/aromatic N) is 2. The molecule has 2 N–H and O–H groups in total. The third kappa shape index (κ3) is 2.25. The first-order valence-corrected chi connectivity index (χ1v) is 7.70. The summed E-state index contributed by atoms with van der Waals surface area (Å²) in [6.45, 7) is 2.44. The molecule has 0 aliphatic heterocycles. The van der Waals surface area contributed by atoms with Crippen LogP contribution in [0.3, 0.4) is 0 Å². The Labute approximate surface area is 128 Å². The highest BCUT2D eigenvalue weighted by molar-refractivity contribution is 9.10. The van der Waals surface area contributed by atoms with Gasteiger partial charge in [-0.25, -0.2) is 4.98 Å². The maximum Gasteiger partial charge on any atom is 0.271 e. The molecule has 2 heterocycles. The molecule has 0 unspecified atom stereocenters. The molecule has 0 radical (unpaired) electrons. The van der Waals surface area contributed by atoms with Crippen LogP contribution in [0, 0.1) is 6.92 Å². The van der Waals surface area contributed by atoms with Crippen molar-refractivity contribution < 1.29 is 0 Å². The van der Waals surface area contributed by atoms with Crippen LogP contribution in [0.4, 0.5) is 5.69 Å². The molecule has 3 rings (SSSR count). The maximum absolute atomic E-state index is 12.4. The first kappa shape index (κ1) is 13.3. The fraction of sp³-hybridized carbons (Fsp3) is 0.143. The molecule has 6 heteroatoms. The van der Waals surface area contributed by atoms with Crippen LogP contribution in [0.5, 0.6) is 0 Å². The van der Waals surface area contributed by atoms with Crippen molar-refractivity contribution in [2.75, 3.05) is 5.73 Å². The van der Waals surface area contributed by atoms with E-state index < -0.39 is 0 Å². The van der Waals surface area contributed by atoms with Crippen LogP contribution in [0.15, 0.2) is 39.2 Å². The lowest BCUT2D eigenvalue weighted by atomic mass is 10.2. The highest BCUT2D eigenvalue weighted by Gasteiger charge is 2.09. The fourth-order valence-corrected chi connectivity index (χ4v) is 3.52. The molecule has 1 aromatic carbocycles. The number of anilines is 1. The second-order valence-electron chi connectivity index (χ2n) is 4.62. The molecule has 20 heavy (non-hydrogen) atoms. The van der Waals surface area contributed by atoms with Crippen LogP contribution < -0.4 is 11.3 Å². The predicted molar refractivity (Wildman–Crippen MR) is 86.3 cm³/mol. The number of fused-ring (bicyclic) bond motifs is 1. The lowest BCUT2D eigenvalue weighted by Gasteiger charge is -2.08. The van der Waals surface area contributed by atoms with Gasteiger partial charge in [0.25, 0.3) is 5.56 Å². The van der Waals surface area contributed by atoms with E-state index in [-0.39, 0.29) is 5.56 Å². The summed E-state index contributed by atoms with van der Waals surface area (Å²) in [5, 5.41) is 1.96. The van der Waals surface area contributed by atoms with Crippen LogP contribution in [0.25, 0.3) is 10.2 Å². The zero-order valence-electron chi connectivity index (χ0n) is 10.8. The molecule has 4 nitrogen and oxygen atoms in total. The highest BCUT2D eigenvalue weighted by Crippen LogP contribution is 2.22. The van der Waals surface area contributed by atoms with E-state index in [0.717, 1.165) is 21.1 Å². The molecular formula is C14H12BrN3OS. The number of rotatable bonds is 2. The van der Waals surface area contributed by atoms with Crippen LogP contribution in [-0.4, -0.2) is 9.55 Å². The zero-order valence-corrected chi connectivity index (χ0v) is 13.2. The molecule has 2 aromatic heterocycles. The van der Waals surface area contributed by atoms with Gasteiger partial charge >= 0.3 is 0 Å². The first-order chi connectivity index (χ1) is 9.56. The van der Waals surface area contributed by atoms with Crippen molar-refractivity contribution in [1.82, 2.24) is 9.55 Å². The minimum Gasteiger partial charge on any atom is -0.399 e. The van der Waals surface area contributed by atoms with Gasteiger partial charge < -0.3 is 5.73 Å². The minimum atomic E-state index is -0.00294. The summed E-state index contributed by atoms with van der Waals surface area (Å²) in [5.74, 6) is 0. The summed E-state index contributed by atoms with van der Waals surface area (Å²) >= 11 is 4.91. The Balaban J connectivity index is 2.07. The van der Waals surface area contributed by atoms with Crippen molar-refractivity contribution >= 4 is 43.2 Å². The smallest absolute Gasteiger partial charge is 0.271 e. The molecule has 0 aliphatic rings. The van der Waals surface area contributed by atoms with Crippen molar-refractivity contribution in [3.05, 3.63) is 55.9 Å². The van der Waals surface area contributed by atoms with Gasteiger partial charge in [-0.2, -0.15) is 0 Å². The SMILES string of the molecule is Cc1csc2c(=O)n(Cc3ccc(N)cc3Br)cnc12. The number of nitrogens with two attached hydrogens (primary N) is 1. The average Bonchev–Trinajstić information content (AvgIpc) is 2.78. The standard InChI is InChI=1S/C14H12BrN3OS/c1-8-6-20-13-12(8)17-7-18(14(13)19)5-9-2-3-10(16)4-11(9)15/h2-4,6-7H,5,16H2,1H3. The Morgan fingerprint density at radius 1 is 1.45 bits per heavy atom. The highest BCUT2D eigenvalue weighted by atomic mass is 79.9. The van der Waals surface area contributed by atoms with Gasteiger partial charge in [0.15, 0.2) is 0 Å². The summed E-state index contributed by atoms with van der Waals surface area (Å²) in [4.78, 5) is 16.8. The molecule has 0 saturated heterocycles. The zero-order chi connectivity index (χ0) is 14.3. The number of benzene rings is 1. The summed E-state index contributed by atoms with van der Waals surface area (Å²) in [6, 6.07) is 5.57. The lowest BCUT2D eigenvalue weighted by Crippen LogP contribution is -2.20. The van der Waals surface area contributed by atoms with Crippen molar-refractivity contribution in [3.8, 4) is 0 Å². The van der Waals surface area contributed by atoms with Crippen molar-refractivity contribution in [3.63, 3.8) is 0 Å². The number of thiophene rings is 1. The quantitative estimate of drug-likeness (QED) is 0.723. The van der Waals surface area contributed by atoms with Crippen molar-refractivity contribution in [1.29, 1.82) is 0 Å². The van der Waals surface area contributed by atoms with Gasteiger partial charge in [-0.05, 0) is 35.6 Å². The van der Waals surface area contributed by atoms with E-state index in [1.54, 1.807) is 10.9 Å². The van der Waals surface area contributed by atoms with E-state index in [2.05, 4.69) is 20.9 Å².